The smallest absolute Gasteiger partial charge is 0.264 e. The van der Waals surface area contributed by atoms with Crippen molar-refractivity contribution in [3.63, 3.8) is 0 Å². The standard InChI is InChI=1S/C22H15ClF2N6O/c1-11(30-21-19-20(27-9-26-19)28-10-29-21)16-8-12-2-7-15(25)18(23)17(12)22(32)31(16)14-5-3-13(24)4-6-14/h2-11H,1H3,(H2,26,27,28,29,30)/t11-/m0/s1. The molecule has 0 aliphatic carbocycles. The quantitative estimate of drug-likeness (QED) is 0.410. The number of aromatic nitrogens is 5. The molecule has 0 saturated heterocycles. The number of hydrogen-bond donors (Lipinski definition) is 2. The number of H-pyrrole nitrogens is 1. The third-order valence-electron chi connectivity index (χ3n) is 5.20. The van der Waals surface area contributed by atoms with Crippen molar-refractivity contribution in [2.75, 3.05) is 5.32 Å². The molecule has 7 nitrogen and oxygen atoms in total. The molecule has 3 aromatic heterocycles. The predicted molar refractivity (Wildman–Crippen MR) is 118 cm³/mol. The van der Waals surface area contributed by atoms with Crippen LogP contribution in [0.1, 0.15) is 18.7 Å². The van der Waals surface area contributed by atoms with Gasteiger partial charge in [-0.1, -0.05) is 17.7 Å². The molecule has 5 aromatic rings. The van der Waals surface area contributed by atoms with E-state index in [9.17, 15) is 13.6 Å². The molecule has 0 aliphatic heterocycles. The summed E-state index contributed by atoms with van der Waals surface area (Å²) in [6.07, 6.45) is 2.90. The summed E-state index contributed by atoms with van der Waals surface area (Å²) in [5.74, 6) is -0.664. The number of halogens is 3. The summed E-state index contributed by atoms with van der Waals surface area (Å²) >= 11 is 6.14. The molecule has 10 heteroatoms. The van der Waals surface area contributed by atoms with Gasteiger partial charge in [-0.05, 0) is 48.7 Å². The largest absolute Gasteiger partial charge is 0.360 e. The van der Waals surface area contributed by atoms with Crippen molar-refractivity contribution in [1.29, 1.82) is 0 Å². The number of nitrogens with zero attached hydrogens (tertiary/aromatic N) is 4. The number of imidazole rings is 1. The van der Waals surface area contributed by atoms with Crippen molar-refractivity contribution >= 4 is 39.4 Å². The molecular weight excluding hydrogens is 438 g/mol. The zero-order valence-electron chi connectivity index (χ0n) is 16.6. The zero-order valence-corrected chi connectivity index (χ0v) is 17.4. The van der Waals surface area contributed by atoms with Crippen LogP contribution in [-0.2, 0) is 0 Å². The molecular formula is C22H15ClF2N6O. The number of anilines is 1. The second-order valence-electron chi connectivity index (χ2n) is 7.20. The van der Waals surface area contributed by atoms with Gasteiger partial charge in [-0.3, -0.25) is 9.36 Å². The van der Waals surface area contributed by atoms with Gasteiger partial charge >= 0.3 is 0 Å². The van der Waals surface area contributed by atoms with Crippen LogP contribution in [0.5, 0.6) is 0 Å². The number of hydrogen-bond acceptors (Lipinski definition) is 5. The molecule has 0 unspecified atom stereocenters. The first kappa shape index (κ1) is 20.1. The van der Waals surface area contributed by atoms with E-state index in [0.717, 1.165) is 0 Å². The summed E-state index contributed by atoms with van der Waals surface area (Å²) < 4.78 is 29.0. The fraction of sp³-hybridized carbons (Fsp3) is 0.0909. The average molecular weight is 453 g/mol. The minimum Gasteiger partial charge on any atom is -0.360 e. The van der Waals surface area contributed by atoms with Crippen molar-refractivity contribution in [3.05, 3.63) is 87.8 Å². The molecule has 0 amide bonds. The molecule has 160 valence electrons. The highest BCUT2D eigenvalue weighted by Gasteiger charge is 2.20. The van der Waals surface area contributed by atoms with E-state index in [4.69, 9.17) is 11.6 Å². The molecule has 0 bridgehead atoms. The number of fused-ring (bicyclic) bond motifs is 2. The van der Waals surface area contributed by atoms with E-state index in [1.807, 2.05) is 6.92 Å². The molecule has 0 radical (unpaired) electrons. The van der Waals surface area contributed by atoms with Crippen molar-refractivity contribution in [1.82, 2.24) is 24.5 Å². The van der Waals surface area contributed by atoms with E-state index >= 15 is 0 Å². The van der Waals surface area contributed by atoms with Gasteiger partial charge in [0.15, 0.2) is 11.5 Å². The summed E-state index contributed by atoms with van der Waals surface area (Å²) in [6.45, 7) is 1.84. The van der Waals surface area contributed by atoms with E-state index in [1.54, 1.807) is 6.07 Å². The molecule has 1 atom stereocenters. The summed E-state index contributed by atoms with van der Waals surface area (Å²) in [5.41, 5.74) is 1.54. The molecule has 32 heavy (non-hydrogen) atoms. The first-order valence-electron chi connectivity index (χ1n) is 9.64. The van der Waals surface area contributed by atoms with Crippen LogP contribution >= 0.6 is 11.6 Å². The summed E-state index contributed by atoms with van der Waals surface area (Å²) in [7, 11) is 0. The number of benzene rings is 2. The maximum absolute atomic E-state index is 14.1. The van der Waals surface area contributed by atoms with E-state index < -0.39 is 23.2 Å². The maximum Gasteiger partial charge on any atom is 0.264 e. The zero-order chi connectivity index (χ0) is 22.4. The van der Waals surface area contributed by atoms with Gasteiger partial charge in [0.2, 0.25) is 0 Å². The Balaban J connectivity index is 1.73. The number of aromatic amines is 1. The molecule has 2 N–H and O–H groups in total. The maximum atomic E-state index is 14.1. The van der Waals surface area contributed by atoms with Gasteiger partial charge in [0, 0.05) is 11.4 Å². The van der Waals surface area contributed by atoms with E-state index in [2.05, 4.69) is 25.3 Å². The summed E-state index contributed by atoms with van der Waals surface area (Å²) in [6, 6.07) is 9.45. The topological polar surface area (TPSA) is 88.5 Å². The van der Waals surface area contributed by atoms with Crippen molar-refractivity contribution < 1.29 is 8.78 Å². The van der Waals surface area contributed by atoms with Gasteiger partial charge in [0.05, 0.1) is 22.8 Å². The lowest BCUT2D eigenvalue weighted by Gasteiger charge is -2.21. The molecule has 2 aromatic carbocycles. The highest BCUT2D eigenvalue weighted by Crippen LogP contribution is 2.29. The fourth-order valence-corrected chi connectivity index (χ4v) is 3.93. The summed E-state index contributed by atoms with van der Waals surface area (Å²) in [5, 5.41) is 3.52. The normalized spacial score (nSPS) is 12.4. The van der Waals surface area contributed by atoms with Gasteiger partial charge in [-0.2, -0.15) is 0 Å². The van der Waals surface area contributed by atoms with Crippen LogP contribution in [0.3, 0.4) is 0 Å². The van der Waals surface area contributed by atoms with Crippen LogP contribution in [0, 0.1) is 11.6 Å². The van der Waals surface area contributed by atoms with Crippen LogP contribution in [0.25, 0.3) is 27.6 Å². The van der Waals surface area contributed by atoms with Crippen molar-refractivity contribution in [2.45, 2.75) is 13.0 Å². The Morgan fingerprint density at radius 1 is 1.09 bits per heavy atom. The Morgan fingerprint density at radius 3 is 2.66 bits per heavy atom. The van der Waals surface area contributed by atoms with Crippen molar-refractivity contribution in [2.24, 2.45) is 0 Å². The lowest BCUT2D eigenvalue weighted by Crippen LogP contribution is -2.26. The average Bonchev–Trinajstić information content (AvgIpc) is 3.27. The predicted octanol–water partition coefficient (Wildman–Crippen LogP) is 4.76. The highest BCUT2D eigenvalue weighted by atomic mass is 35.5. The second-order valence-corrected chi connectivity index (χ2v) is 7.58. The van der Waals surface area contributed by atoms with Gasteiger partial charge < -0.3 is 10.3 Å². The number of nitrogens with one attached hydrogen (secondary N) is 2. The minimum absolute atomic E-state index is 0.0451. The Hall–Kier alpha value is -3.85. The van der Waals surface area contributed by atoms with Crippen LogP contribution in [0.2, 0.25) is 5.02 Å². The molecule has 0 spiro atoms. The fourth-order valence-electron chi connectivity index (χ4n) is 3.68. The number of pyridine rings is 1. The van der Waals surface area contributed by atoms with E-state index in [0.29, 0.717) is 33.7 Å². The van der Waals surface area contributed by atoms with Crippen LogP contribution in [0.15, 0.2) is 59.9 Å². The van der Waals surface area contributed by atoms with Crippen LogP contribution in [0.4, 0.5) is 14.6 Å². The first-order chi connectivity index (χ1) is 15.4. The Morgan fingerprint density at radius 2 is 1.88 bits per heavy atom. The van der Waals surface area contributed by atoms with Crippen LogP contribution < -0.4 is 10.9 Å². The van der Waals surface area contributed by atoms with Gasteiger partial charge in [0.1, 0.15) is 23.5 Å². The summed E-state index contributed by atoms with van der Waals surface area (Å²) in [4.78, 5) is 29.0. The SMILES string of the molecule is C[C@H](Nc1ncnc2[nH]cnc12)c1cc2ccc(F)c(Cl)c2c(=O)n1-c1ccc(F)cc1. The monoisotopic (exact) mass is 452 g/mol. The highest BCUT2D eigenvalue weighted by molar-refractivity contribution is 6.35. The second kappa shape index (κ2) is 7.69. The Bertz CT molecular complexity index is 1530. The molecule has 0 saturated carbocycles. The third kappa shape index (κ3) is 3.27. The molecule has 3 heterocycles. The molecule has 5 rings (SSSR count). The van der Waals surface area contributed by atoms with Gasteiger partial charge in [-0.25, -0.2) is 23.7 Å². The minimum atomic E-state index is -0.692. The lowest BCUT2D eigenvalue weighted by atomic mass is 10.1. The van der Waals surface area contributed by atoms with E-state index in [-0.39, 0.29) is 10.4 Å². The number of rotatable bonds is 4. The van der Waals surface area contributed by atoms with Gasteiger partial charge in [0.25, 0.3) is 5.56 Å². The lowest BCUT2D eigenvalue weighted by molar-refractivity contribution is 0.627. The molecule has 0 aliphatic rings. The molecule has 0 fully saturated rings. The Labute approximate surface area is 184 Å². The van der Waals surface area contributed by atoms with Crippen molar-refractivity contribution in [3.8, 4) is 5.69 Å². The first-order valence-corrected chi connectivity index (χ1v) is 10.0. The third-order valence-corrected chi connectivity index (χ3v) is 5.57. The van der Waals surface area contributed by atoms with Crippen LogP contribution in [-0.4, -0.2) is 24.5 Å². The van der Waals surface area contributed by atoms with Gasteiger partial charge in [-0.15, -0.1) is 0 Å². The van der Waals surface area contributed by atoms with E-state index in [1.165, 1.54) is 53.6 Å². The Kier molecular flexibility index (Phi) is 4.82.